The molecule has 0 saturated carbocycles. The Hall–Kier alpha value is -2.60. The number of hydrogen-bond donors (Lipinski definition) is 1. The summed E-state index contributed by atoms with van der Waals surface area (Å²) < 4.78 is 0. The lowest BCUT2D eigenvalue weighted by Gasteiger charge is -2.33. The summed E-state index contributed by atoms with van der Waals surface area (Å²) in [6.45, 7) is 3.62. The molecule has 3 aromatic rings. The summed E-state index contributed by atoms with van der Waals surface area (Å²) >= 11 is 1.42. The molecule has 4 rings (SSSR count). The Morgan fingerprint density at radius 3 is 2.45 bits per heavy atom. The molecule has 5 nitrogen and oxygen atoms in total. The second-order valence-corrected chi connectivity index (χ2v) is 8.86. The second kappa shape index (κ2) is 9.27. The van der Waals surface area contributed by atoms with E-state index < -0.39 is 0 Å². The van der Waals surface area contributed by atoms with Gasteiger partial charge in [-0.1, -0.05) is 72.4 Å². The second-order valence-electron chi connectivity index (χ2n) is 7.55. The van der Waals surface area contributed by atoms with Gasteiger partial charge in [0.25, 0.3) is 0 Å². The summed E-state index contributed by atoms with van der Waals surface area (Å²) in [6.07, 6.45) is 3.24. The standard InChI is InChI=1S/C23H26N4OS/c1-17(29-23-24-21(25-26-23)20-10-6-3-7-11-20)22(28)27-14-12-19(13-15-27)16-18-8-4-2-5-9-18/h2-11,17,19H,12-16H2,1H3,(H,24,25,26)/t17-/m1/s1. The molecular formula is C23H26N4OS. The third-order valence-electron chi connectivity index (χ3n) is 5.44. The number of rotatable bonds is 6. The van der Waals surface area contributed by atoms with Gasteiger partial charge in [0.2, 0.25) is 11.1 Å². The number of aromatic amines is 1. The fourth-order valence-electron chi connectivity index (χ4n) is 3.79. The van der Waals surface area contributed by atoms with E-state index in [0.29, 0.717) is 11.1 Å². The molecule has 29 heavy (non-hydrogen) atoms. The quantitative estimate of drug-likeness (QED) is 0.615. The molecule has 1 aliphatic rings. The lowest BCUT2D eigenvalue weighted by atomic mass is 9.90. The zero-order valence-electron chi connectivity index (χ0n) is 16.6. The Balaban J connectivity index is 1.28. The maximum Gasteiger partial charge on any atom is 0.235 e. The van der Waals surface area contributed by atoms with Crippen LogP contribution < -0.4 is 0 Å². The number of piperidine rings is 1. The van der Waals surface area contributed by atoms with Crippen LogP contribution in [0, 0.1) is 5.92 Å². The minimum Gasteiger partial charge on any atom is -0.342 e. The van der Waals surface area contributed by atoms with Crippen molar-refractivity contribution in [2.24, 2.45) is 5.92 Å². The molecule has 2 aromatic carbocycles. The van der Waals surface area contributed by atoms with Crippen molar-refractivity contribution in [2.45, 2.75) is 36.6 Å². The Kier molecular flexibility index (Phi) is 6.30. The zero-order chi connectivity index (χ0) is 20.1. The molecule has 0 unspecified atom stereocenters. The highest BCUT2D eigenvalue weighted by Gasteiger charge is 2.27. The van der Waals surface area contributed by atoms with Crippen molar-refractivity contribution in [1.82, 2.24) is 20.1 Å². The minimum atomic E-state index is -0.194. The van der Waals surface area contributed by atoms with E-state index in [0.717, 1.165) is 43.7 Å². The van der Waals surface area contributed by atoms with E-state index >= 15 is 0 Å². The maximum absolute atomic E-state index is 12.9. The molecule has 0 bridgehead atoms. The molecule has 1 aliphatic heterocycles. The summed E-state index contributed by atoms with van der Waals surface area (Å²) in [7, 11) is 0. The van der Waals surface area contributed by atoms with Gasteiger partial charge >= 0.3 is 0 Å². The Labute approximate surface area is 175 Å². The number of aromatic nitrogens is 3. The first-order chi connectivity index (χ1) is 14.2. The highest BCUT2D eigenvalue weighted by Crippen LogP contribution is 2.27. The number of nitrogens with zero attached hydrogens (tertiary/aromatic N) is 3. The topological polar surface area (TPSA) is 61.9 Å². The zero-order valence-corrected chi connectivity index (χ0v) is 17.4. The van der Waals surface area contributed by atoms with Crippen LogP contribution in [0.4, 0.5) is 0 Å². The van der Waals surface area contributed by atoms with Gasteiger partial charge in [-0.25, -0.2) is 4.98 Å². The van der Waals surface area contributed by atoms with Gasteiger partial charge in [-0.3, -0.25) is 9.89 Å². The normalized spacial score (nSPS) is 16.0. The van der Waals surface area contributed by atoms with Crippen LogP contribution in [-0.2, 0) is 11.2 Å². The van der Waals surface area contributed by atoms with Gasteiger partial charge in [-0.15, -0.1) is 5.10 Å². The molecule has 6 heteroatoms. The van der Waals surface area contributed by atoms with Gasteiger partial charge in [-0.05, 0) is 37.7 Å². The molecule has 1 atom stereocenters. The van der Waals surface area contributed by atoms with Crippen LogP contribution in [0.2, 0.25) is 0 Å². The maximum atomic E-state index is 12.9. The molecular weight excluding hydrogens is 380 g/mol. The number of thioether (sulfide) groups is 1. The van der Waals surface area contributed by atoms with E-state index in [-0.39, 0.29) is 11.2 Å². The average molecular weight is 407 g/mol. The van der Waals surface area contributed by atoms with Crippen molar-refractivity contribution >= 4 is 17.7 Å². The van der Waals surface area contributed by atoms with E-state index in [9.17, 15) is 4.79 Å². The van der Waals surface area contributed by atoms with Gasteiger partial charge < -0.3 is 4.90 Å². The van der Waals surface area contributed by atoms with Crippen molar-refractivity contribution in [2.75, 3.05) is 13.1 Å². The van der Waals surface area contributed by atoms with Crippen LogP contribution in [0.3, 0.4) is 0 Å². The van der Waals surface area contributed by atoms with Gasteiger partial charge in [-0.2, -0.15) is 0 Å². The van der Waals surface area contributed by atoms with Gasteiger partial charge in [0.05, 0.1) is 5.25 Å². The molecule has 1 saturated heterocycles. The molecule has 0 radical (unpaired) electrons. The summed E-state index contributed by atoms with van der Waals surface area (Å²) in [5.41, 5.74) is 2.38. The van der Waals surface area contributed by atoms with E-state index in [1.807, 2.05) is 42.2 Å². The molecule has 1 N–H and O–H groups in total. The Morgan fingerprint density at radius 1 is 1.10 bits per heavy atom. The largest absolute Gasteiger partial charge is 0.342 e. The molecule has 0 aliphatic carbocycles. The smallest absolute Gasteiger partial charge is 0.235 e. The summed E-state index contributed by atoms with van der Waals surface area (Å²) in [4.78, 5) is 19.4. The first kappa shape index (κ1) is 19.7. The number of amides is 1. The summed E-state index contributed by atoms with van der Waals surface area (Å²) in [5.74, 6) is 1.57. The van der Waals surface area contributed by atoms with Crippen LogP contribution in [0.5, 0.6) is 0 Å². The summed E-state index contributed by atoms with van der Waals surface area (Å²) in [6, 6.07) is 20.5. The Bertz CT molecular complexity index is 920. The molecule has 1 fully saturated rings. The lowest BCUT2D eigenvalue weighted by Crippen LogP contribution is -2.42. The Morgan fingerprint density at radius 2 is 1.76 bits per heavy atom. The lowest BCUT2D eigenvalue weighted by molar-refractivity contribution is -0.131. The first-order valence-corrected chi connectivity index (χ1v) is 11.0. The SMILES string of the molecule is C[C@@H](Sc1n[nH]c(-c2ccccc2)n1)C(=O)N1CCC(Cc2ccccc2)CC1. The molecule has 1 aromatic heterocycles. The summed E-state index contributed by atoms with van der Waals surface area (Å²) in [5, 5.41) is 7.66. The van der Waals surface area contributed by atoms with E-state index in [1.54, 1.807) is 0 Å². The number of carbonyl (C=O) groups is 1. The predicted molar refractivity (Wildman–Crippen MR) is 117 cm³/mol. The number of nitrogens with one attached hydrogen (secondary N) is 1. The van der Waals surface area contributed by atoms with E-state index in [1.165, 1.54) is 17.3 Å². The minimum absolute atomic E-state index is 0.180. The predicted octanol–water partition coefficient (Wildman–Crippen LogP) is 4.43. The molecule has 150 valence electrons. The number of hydrogen-bond acceptors (Lipinski definition) is 4. The third kappa shape index (κ3) is 5.07. The van der Waals surface area contributed by atoms with Crippen molar-refractivity contribution in [1.29, 1.82) is 0 Å². The molecule has 1 amide bonds. The van der Waals surface area contributed by atoms with Crippen molar-refractivity contribution in [3.63, 3.8) is 0 Å². The number of benzene rings is 2. The van der Waals surface area contributed by atoms with Crippen molar-refractivity contribution in [3.05, 3.63) is 66.2 Å². The van der Waals surface area contributed by atoms with E-state index in [4.69, 9.17) is 0 Å². The van der Waals surface area contributed by atoms with Crippen molar-refractivity contribution < 1.29 is 4.79 Å². The highest BCUT2D eigenvalue weighted by molar-refractivity contribution is 8.00. The monoisotopic (exact) mass is 406 g/mol. The number of carbonyl (C=O) groups excluding carboxylic acids is 1. The molecule has 2 heterocycles. The van der Waals surface area contributed by atoms with E-state index in [2.05, 4.69) is 45.5 Å². The average Bonchev–Trinajstić information content (AvgIpc) is 3.23. The fourth-order valence-corrected chi connectivity index (χ4v) is 4.60. The van der Waals surface area contributed by atoms with Crippen LogP contribution in [0.1, 0.15) is 25.3 Å². The van der Waals surface area contributed by atoms with Gasteiger partial charge in [0.15, 0.2) is 5.82 Å². The fraction of sp³-hybridized carbons (Fsp3) is 0.348. The number of likely N-dealkylation sites (tertiary alicyclic amines) is 1. The number of H-pyrrole nitrogens is 1. The molecule has 0 spiro atoms. The van der Waals surface area contributed by atoms with Crippen LogP contribution >= 0.6 is 11.8 Å². The van der Waals surface area contributed by atoms with Gasteiger partial charge in [0.1, 0.15) is 0 Å². The highest BCUT2D eigenvalue weighted by atomic mass is 32.2. The van der Waals surface area contributed by atoms with Crippen LogP contribution in [-0.4, -0.2) is 44.3 Å². The van der Waals surface area contributed by atoms with Crippen LogP contribution in [0.25, 0.3) is 11.4 Å². The van der Waals surface area contributed by atoms with Crippen molar-refractivity contribution in [3.8, 4) is 11.4 Å². The van der Waals surface area contributed by atoms with Gasteiger partial charge in [0, 0.05) is 18.7 Å². The third-order valence-corrected chi connectivity index (χ3v) is 6.38. The first-order valence-electron chi connectivity index (χ1n) is 10.2. The van der Waals surface area contributed by atoms with Crippen LogP contribution in [0.15, 0.2) is 65.8 Å².